The van der Waals surface area contributed by atoms with Crippen molar-refractivity contribution < 1.29 is 51.3 Å². The molecule has 1 N–H and O–H groups in total. The fourth-order valence-electron chi connectivity index (χ4n) is 4.00. The summed E-state index contributed by atoms with van der Waals surface area (Å²) < 4.78 is 6.17. The number of H-pyrrole nitrogens is 1. The zero-order chi connectivity index (χ0) is 17.8. The van der Waals surface area contributed by atoms with Crippen LogP contribution >= 0.6 is 0 Å². The van der Waals surface area contributed by atoms with E-state index in [9.17, 15) is 0 Å². The summed E-state index contributed by atoms with van der Waals surface area (Å²) in [6.45, 7) is 0. The van der Waals surface area contributed by atoms with Crippen LogP contribution < -0.4 is 29.6 Å². The molecule has 6 rings (SSSR count). The molecule has 0 fully saturated rings. The third kappa shape index (κ3) is 3.53. The van der Waals surface area contributed by atoms with Gasteiger partial charge in [0.1, 0.15) is 5.52 Å². The molecule has 0 saturated heterocycles. The Morgan fingerprint density at radius 1 is 0.900 bits per heavy atom. The van der Waals surface area contributed by atoms with Crippen LogP contribution in [-0.2, 0) is 28.1 Å². The number of para-hydroxylation sites is 1. The van der Waals surface area contributed by atoms with Gasteiger partial charge in [0.15, 0.2) is 5.75 Å². The zero-order valence-electron chi connectivity index (χ0n) is 15.7. The first-order valence-electron chi connectivity index (χ1n) is 9.03. The molecule has 1 aliphatic rings. The summed E-state index contributed by atoms with van der Waals surface area (Å²) in [5.41, 5.74) is 7.11. The number of aromatic nitrogens is 2. The van der Waals surface area contributed by atoms with Crippen molar-refractivity contribution in [1.29, 1.82) is 0 Å². The molecule has 2 aromatic heterocycles. The Morgan fingerprint density at radius 3 is 2.63 bits per heavy atom. The molecular formula is C24H15Cl2N2OTi. The van der Waals surface area contributed by atoms with Gasteiger partial charge in [-0.1, -0.05) is 60.2 Å². The molecule has 0 unspecified atom stereocenters. The number of benzene rings is 3. The van der Waals surface area contributed by atoms with Crippen molar-refractivity contribution in [1.82, 2.24) is 9.97 Å². The summed E-state index contributed by atoms with van der Waals surface area (Å²) in [6, 6.07) is 26.0. The topological polar surface area (TPSA) is 37.9 Å². The van der Waals surface area contributed by atoms with Crippen molar-refractivity contribution in [2.45, 2.75) is 6.42 Å². The predicted molar refractivity (Wildman–Crippen MR) is 107 cm³/mol. The second-order valence-corrected chi connectivity index (χ2v) is 6.86. The molecule has 0 amide bonds. The molecule has 0 atom stereocenters. The average molecular weight is 466 g/mol. The summed E-state index contributed by atoms with van der Waals surface area (Å²) in [6.07, 6.45) is 2.72. The van der Waals surface area contributed by atoms with Crippen LogP contribution in [-0.4, -0.2) is 9.97 Å². The molecule has 0 bridgehead atoms. The molecule has 2 heterocycles. The summed E-state index contributed by atoms with van der Waals surface area (Å²) in [5.74, 6) is 1.46. The first-order valence-corrected chi connectivity index (χ1v) is 9.03. The third-order valence-corrected chi connectivity index (χ3v) is 5.25. The van der Waals surface area contributed by atoms with Crippen molar-refractivity contribution in [3.8, 4) is 22.8 Å². The minimum Gasteiger partial charge on any atom is -1.00 e. The van der Waals surface area contributed by atoms with Crippen LogP contribution in [0.2, 0.25) is 0 Å². The Labute approximate surface area is 201 Å². The van der Waals surface area contributed by atoms with Crippen LogP contribution in [0.15, 0.2) is 72.9 Å². The number of hydrogen-bond acceptors (Lipinski definition) is 2. The van der Waals surface area contributed by atoms with Gasteiger partial charge in [-0.05, 0) is 40.9 Å². The number of pyridine rings is 1. The van der Waals surface area contributed by atoms with Crippen LogP contribution in [0.5, 0.6) is 11.5 Å². The summed E-state index contributed by atoms with van der Waals surface area (Å²) in [4.78, 5) is 8.02. The smallest absolute Gasteiger partial charge is 1.00 e. The number of fused-ring (bicyclic) bond motifs is 6. The molecule has 0 spiro atoms. The van der Waals surface area contributed by atoms with Crippen LogP contribution in [0.1, 0.15) is 11.1 Å². The molecule has 0 saturated carbocycles. The zero-order valence-corrected chi connectivity index (χ0v) is 18.8. The molecule has 30 heavy (non-hydrogen) atoms. The van der Waals surface area contributed by atoms with E-state index in [4.69, 9.17) is 4.74 Å². The van der Waals surface area contributed by atoms with Crippen LogP contribution in [0.4, 0.5) is 0 Å². The minimum absolute atomic E-state index is 0. The van der Waals surface area contributed by atoms with E-state index >= 15 is 0 Å². The number of ether oxygens (including phenoxy) is 1. The molecule has 3 aromatic carbocycles. The van der Waals surface area contributed by atoms with E-state index in [1.54, 1.807) is 6.20 Å². The van der Waals surface area contributed by atoms with Gasteiger partial charge < -0.3 is 34.5 Å². The maximum absolute atomic E-state index is 6.17. The molecule has 1 radical (unpaired) electrons. The molecule has 3 nitrogen and oxygen atoms in total. The van der Waals surface area contributed by atoms with Crippen molar-refractivity contribution in [3.63, 3.8) is 0 Å². The molecule has 1 aliphatic carbocycles. The summed E-state index contributed by atoms with van der Waals surface area (Å²) in [7, 11) is 0. The van der Waals surface area contributed by atoms with Crippen molar-refractivity contribution in [2.75, 3.05) is 0 Å². The van der Waals surface area contributed by atoms with E-state index in [0.717, 1.165) is 34.0 Å². The van der Waals surface area contributed by atoms with Gasteiger partial charge in [-0.15, -0.1) is 11.5 Å². The first-order chi connectivity index (χ1) is 13.4. The number of halogens is 2. The normalized spacial score (nSPS) is 11.1. The second-order valence-electron chi connectivity index (χ2n) is 6.86. The Hall–Kier alpha value is -2.30. The summed E-state index contributed by atoms with van der Waals surface area (Å²) in [5, 5.41) is 2.17. The number of aromatic amines is 1. The molecule has 6 heteroatoms. The van der Waals surface area contributed by atoms with Crippen molar-refractivity contribution >= 4 is 21.8 Å². The van der Waals surface area contributed by atoms with Crippen LogP contribution in [0.25, 0.3) is 33.1 Å². The van der Waals surface area contributed by atoms with Gasteiger partial charge in [-0.3, -0.25) is 4.98 Å². The van der Waals surface area contributed by atoms with E-state index in [1.165, 1.54) is 22.4 Å². The fourth-order valence-corrected chi connectivity index (χ4v) is 4.00. The molecule has 0 aliphatic heterocycles. The first kappa shape index (κ1) is 22.4. The van der Waals surface area contributed by atoms with Gasteiger partial charge in [-0.25, -0.2) is 0 Å². The minimum atomic E-state index is 0. The summed E-state index contributed by atoms with van der Waals surface area (Å²) >= 11 is 0. The van der Waals surface area contributed by atoms with Gasteiger partial charge in [0, 0.05) is 17.3 Å². The Morgan fingerprint density at radius 2 is 1.73 bits per heavy atom. The standard InChI is InChI=1S/C24H15N2O.2ClH.Ti/c1-2-8-18-16(5-1)13-20-19-14-17(10-11-21(19)26-24(18)20)27-22-9-3-6-15-7-4-12-25-23(15)22;;;/h1-12,26H,13H2;2*1H;/q-1;;;+3/p-2. The van der Waals surface area contributed by atoms with Gasteiger partial charge in [0.25, 0.3) is 0 Å². The van der Waals surface area contributed by atoms with Crippen LogP contribution in [0.3, 0.4) is 0 Å². The predicted octanol–water partition coefficient (Wildman–Crippen LogP) is -0.115. The number of nitrogens with one attached hydrogen (secondary N) is 1. The molecular weight excluding hydrogens is 451 g/mol. The Balaban J connectivity index is 0.000000853. The van der Waals surface area contributed by atoms with Gasteiger partial charge in [-0.2, -0.15) is 0 Å². The Kier molecular flexibility index (Phi) is 6.59. The quantitative estimate of drug-likeness (QED) is 0.286. The van der Waals surface area contributed by atoms with Gasteiger partial charge >= 0.3 is 21.7 Å². The number of rotatable bonds is 2. The number of nitrogens with zero attached hydrogens (tertiary/aromatic N) is 1. The monoisotopic (exact) mass is 465 g/mol. The largest absolute Gasteiger partial charge is 3.00 e. The second kappa shape index (κ2) is 8.83. The SMILES string of the molecule is [Cl-].[Cl-].[Ti+3].[c-]1c(Oc2cccc3cccnc23)ccc2[nH]c3c(c12)Cc1ccccc1-3. The van der Waals surface area contributed by atoms with E-state index < -0.39 is 0 Å². The number of hydrogen-bond donors (Lipinski definition) is 1. The van der Waals surface area contributed by atoms with E-state index in [-0.39, 0.29) is 46.5 Å². The fraction of sp³-hybridized carbons (Fsp3) is 0.0417. The molecule has 5 aromatic rings. The van der Waals surface area contributed by atoms with E-state index in [2.05, 4.69) is 46.4 Å². The van der Waals surface area contributed by atoms with Crippen molar-refractivity contribution in [3.05, 3.63) is 90.1 Å². The van der Waals surface area contributed by atoms with E-state index in [1.807, 2.05) is 36.4 Å². The maximum Gasteiger partial charge on any atom is 3.00 e. The average Bonchev–Trinajstić information content (AvgIpc) is 3.24. The maximum atomic E-state index is 6.17. The van der Waals surface area contributed by atoms with Crippen molar-refractivity contribution in [2.24, 2.45) is 0 Å². The van der Waals surface area contributed by atoms with Crippen LogP contribution in [0, 0.1) is 6.07 Å². The van der Waals surface area contributed by atoms with Gasteiger partial charge in [0.2, 0.25) is 0 Å². The van der Waals surface area contributed by atoms with Gasteiger partial charge in [0.05, 0.1) is 0 Å². The Bertz CT molecular complexity index is 1340. The third-order valence-electron chi connectivity index (χ3n) is 5.25. The van der Waals surface area contributed by atoms with E-state index in [0.29, 0.717) is 5.75 Å². The molecule has 145 valence electrons.